The number of nitrogen functional groups attached to an aromatic ring is 1. The van der Waals surface area contributed by atoms with Gasteiger partial charge >= 0.3 is 0 Å². The van der Waals surface area contributed by atoms with Crippen LogP contribution in [0.1, 0.15) is 19.3 Å². The summed E-state index contributed by atoms with van der Waals surface area (Å²) in [6.07, 6.45) is 2.74. The summed E-state index contributed by atoms with van der Waals surface area (Å²) < 4.78 is 27.2. The second-order valence-corrected chi connectivity index (χ2v) is 7.35. The number of aliphatic hydroxyl groups excluding tert-OH is 1. The summed E-state index contributed by atoms with van der Waals surface area (Å²) in [7, 11) is -3.59. The van der Waals surface area contributed by atoms with Crippen LogP contribution in [-0.2, 0) is 10.0 Å². The number of nitrogens with two attached hydrogens (primary N) is 1. The van der Waals surface area contributed by atoms with Crippen LogP contribution in [-0.4, -0.2) is 37.0 Å². The molecule has 0 amide bonds. The molecular weight excluding hydrogens is 332 g/mol. The van der Waals surface area contributed by atoms with Crippen LogP contribution in [0.2, 0.25) is 0 Å². The van der Waals surface area contributed by atoms with Gasteiger partial charge in [0.25, 0.3) is 0 Å². The Labute approximate surface area is 121 Å². The average Bonchev–Trinajstić information content (AvgIpc) is 2.29. The Hall–Kier alpha value is -0.630. The molecule has 0 spiro atoms. The Bertz CT molecular complexity index is 558. The Kier molecular flexibility index (Phi) is 4.50. The maximum absolute atomic E-state index is 12.6. The van der Waals surface area contributed by atoms with Crippen molar-refractivity contribution in [1.82, 2.24) is 4.31 Å². The van der Waals surface area contributed by atoms with Gasteiger partial charge in [-0.05, 0) is 47.0 Å². The Balaban J connectivity index is 2.35. The molecule has 0 heterocycles. The maximum atomic E-state index is 12.6. The molecule has 0 unspecified atom stereocenters. The first-order valence-corrected chi connectivity index (χ1v) is 8.38. The van der Waals surface area contributed by atoms with Crippen molar-refractivity contribution in [3.8, 4) is 0 Å². The summed E-state index contributed by atoms with van der Waals surface area (Å²) >= 11 is 3.24. The lowest BCUT2D eigenvalue weighted by molar-refractivity contribution is 0.178. The van der Waals surface area contributed by atoms with E-state index >= 15 is 0 Å². The van der Waals surface area contributed by atoms with E-state index in [2.05, 4.69) is 15.9 Å². The standard InChI is InChI=1S/C12H17BrN2O3S/c13-11-5-4-10(8-12(11)14)19(17,18)15(6-7-16)9-2-1-3-9/h4-5,8-9,16H,1-3,6-7,14H2. The Morgan fingerprint density at radius 2 is 2.11 bits per heavy atom. The monoisotopic (exact) mass is 348 g/mol. The van der Waals surface area contributed by atoms with Crippen LogP contribution in [0.25, 0.3) is 0 Å². The molecule has 1 aliphatic rings. The predicted octanol–water partition coefficient (Wildman–Crippen LogP) is 1.57. The van der Waals surface area contributed by atoms with Gasteiger partial charge in [-0.15, -0.1) is 0 Å². The number of aliphatic hydroxyl groups is 1. The zero-order valence-corrected chi connectivity index (χ0v) is 12.8. The van der Waals surface area contributed by atoms with Crippen molar-refractivity contribution in [3.63, 3.8) is 0 Å². The summed E-state index contributed by atoms with van der Waals surface area (Å²) in [6, 6.07) is 4.60. The van der Waals surface area contributed by atoms with Crippen molar-refractivity contribution >= 4 is 31.6 Å². The lowest BCUT2D eigenvalue weighted by Gasteiger charge is -2.36. The molecule has 1 aliphatic carbocycles. The quantitative estimate of drug-likeness (QED) is 0.791. The number of nitrogens with zero attached hydrogens (tertiary/aromatic N) is 1. The first-order valence-electron chi connectivity index (χ1n) is 6.14. The molecule has 1 fully saturated rings. The van der Waals surface area contributed by atoms with Crippen molar-refractivity contribution in [1.29, 1.82) is 0 Å². The minimum atomic E-state index is -3.59. The molecule has 106 valence electrons. The summed E-state index contributed by atoms with van der Waals surface area (Å²) in [5.41, 5.74) is 6.12. The molecule has 0 saturated heterocycles. The van der Waals surface area contributed by atoms with E-state index in [0.29, 0.717) is 10.2 Å². The van der Waals surface area contributed by atoms with Gasteiger partial charge in [0.05, 0.1) is 11.5 Å². The first kappa shape index (κ1) is 14.8. The van der Waals surface area contributed by atoms with Gasteiger partial charge in [-0.1, -0.05) is 6.42 Å². The zero-order valence-electron chi connectivity index (χ0n) is 10.4. The smallest absolute Gasteiger partial charge is 0.243 e. The molecule has 5 nitrogen and oxygen atoms in total. The molecule has 7 heteroatoms. The highest BCUT2D eigenvalue weighted by Gasteiger charge is 2.34. The van der Waals surface area contributed by atoms with Gasteiger partial charge in [-0.3, -0.25) is 0 Å². The van der Waals surface area contributed by atoms with Crippen molar-refractivity contribution in [2.75, 3.05) is 18.9 Å². The molecule has 19 heavy (non-hydrogen) atoms. The van der Waals surface area contributed by atoms with E-state index in [-0.39, 0.29) is 24.1 Å². The van der Waals surface area contributed by atoms with Crippen molar-refractivity contribution in [2.45, 2.75) is 30.2 Å². The molecule has 1 aromatic carbocycles. The second kappa shape index (κ2) is 5.78. The number of rotatable bonds is 5. The topological polar surface area (TPSA) is 83.6 Å². The summed E-state index contributed by atoms with van der Waals surface area (Å²) in [5.74, 6) is 0. The van der Waals surface area contributed by atoms with Crippen LogP contribution in [0.15, 0.2) is 27.6 Å². The number of benzene rings is 1. The van der Waals surface area contributed by atoms with E-state index < -0.39 is 10.0 Å². The van der Waals surface area contributed by atoms with Crippen LogP contribution >= 0.6 is 15.9 Å². The molecule has 0 aromatic heterocycles. The maximum Gasteiger partial charge on any atom is 0.243 e. The fraction of sp³-hybridized carbons (Fsp3) is 0.500. The Morgan fingerprint density at radius 1 is 1.42 bits per heavy atom. The van der Waals surface area contributed by atoms with E-state index in [9.17, 15) is 8.42 Å². The summed E-state index contributed by atoms with van der Waals surface area (Å²) in [5, 5.41) is 9.08. The molecule has 3 N–H and O–H groups in total. The number of sulfonamides is 1. The van der Waals surface area contributed by atoms with Crippen molar-refractivity contribution < 1.29 is 13.5 Å². The van der Waals surface area contributed by atoms with Gasteiger partial charge in [-0.2, -0.15) is 4.31 Å². The van der Waals surface area contributed by atoms with Crippen LogP contribution in [0.5, 0.6) is 0 Å². The summed E-state index contributed by atoms with van der Waals surface area (Å²) in [4.78, 5) is 0.175. The first-order chi connectivity index (χ1) is 8.96. The van der Waals surface area contributed by atoms with E-state index in [1.165, 1.54) is 16.4 Å². The van der Waals surface area contributed by atoms with E-state index in [1.54, 1.807) is 6.07 Å². The molecule has 2 rings (SSSR count). The fourth-order valence-corrected chi connectivity index (χ4v) is 4.05. The lowest BCUT2D eigenvalue weighted by atomic mass is 9.93. The van der Waals surface area contributed by atoms with Gasteiger partial charge in [-0.25, -0.2) is 8.42 Å². The average molecular weight is 349 g/mol. The molecule has 1 saturated carbocycles. The van der Waals surface area contributed by atoms with Crippen LogP contribution in [0, 0.1) is 0 Å². The molecule has 0 radical (unpaired) electrons. The van der Waals surface area contributed by atoms with E-state index in [4.69, 9.17) is 10.8 Å². The third-order valence-electron chi connectivity index (χ3n) is 3.38. The van der Waals surface area contributed by atoms with Gasteiger partial charge in [0.1, 0.15) is 0 Å². The van der Waals surface area contributed by atoms with Crippen molar-refractivity contribution in [2.24, 2.45) is 0 Å². The van der Waals surface area contributed by atoms with Crippen molar-refractivity contribution in [3.05, 3.63) is 22.7 Å². The molecule has 0 atom stereocenters. The second-order valence-electron chi connectivity index (χ2n) is 4.61. The van der Waals surface area contributed by atoms with Gasteiger partial charge in [0.15, 0.2) is 0 Å². The zero-order chi connectivity index (χ0) is 14.0. The molecular formula is C12H17BrN2O3S. The SMILES string of the molecule is Nc1cc(S(=O)(=O)N(CCO)C2CCC2)ccc1Br. The largest absolute Gasteiger partial charge is 0.398 e. The van der Waals surface area contributed by atoms with Crippen LogP contribution in [0.4, 0.5) is 5.69 Å². The third kappa shape index (κ3) is 2.94. The van der Waals surface area contributed by atoms with E-state index in [0.717, 1.165) is 19.3 Å². The predicted molar refractivity (Wildman–Crippen MR) is 77.2 cm³/mol. The molecule has 0 aliphatic heterocycles. The minimum absolute atomic E-state index is 0.00187. The lowest BCUT2D eigenvalue weighted by Crippen LogP contribution is -2.45. The number of hydrogen-bond donors (Lipinski definition) is 2. The number of hydrogen-bond acceptors (Lipinski definition) is 4. The number of halogens is 1. The van der Waals surface area contributed by atoms with Gasteiger partial charge < -0.3 is 10.8 Å². The number of anilines is 1. The van der Waals surface area contributed by atoms with Gasteiger partial charge in [0.2, 0.25) is 10.0 Å². The highest BCUT2D eigenvalue weighted by molar-refractivity contribution is 9.10. The third-order valence-corrected chi connectivity index (χ3v) is 6.05. The van der Waals surface area contributed by atoms with Gasteiger partial charge in [0, 0.05) is 22.7 Å². The van der Waals surface area contributed by atoms with Crippen LogP contribution < -0.4 is 5.73 Å². The normalized spacial score (nSPS) is 16.6. The molecule has 0 bridgehead atoms. The highest BCUT2D eigenvalue weighted by Crippen LogP contribution is 2.31. The van der Waals surface area contributed by atoms with E-state index in [1.807, 2.05) is 0 Å². The molecule has 1 aromatic rings. The highest BCUT2D eigenvalue weighted by atomic mass is 79.9. The minimum Gasteiger partial charge on any atom is -0.398 e. The fourth-order valence-electron chi connectivity index (χ4n) is 2.09. The Morgan fingerprint density at radius 3 is 2.58 bits per heavy atom. The van der Waals surface area contributed by atoms with Crippen LogP contribution in [0.3, 0.4) is 0 Å². The summed E-state index contributed by atoms with van der Waals surface area (Å²) in [6.45, 7) is -0.0509.